The molecule has 0 radical (unpaired) electrons. The third-order valence-electron chi connectivity index (χ3n) is 5.19. The number of hydrogen-bond acceptors (Lipinski definition) is 7. The third-order valence-corrected chi connectivity index (χ3v) is 7.36. The first-order valence-corrected chi connectivity index (χ1v) is 11.9. The topological polar surface area (TPSA) is 98.0 Å². The van der Waals surface area contributed by atoms with Crippen LogP contribution in [0.5, 0.6) is 0 Å². The second-order valence-corrected chi connectivity index (χ2v) is 10.3. The van der Waals surface area contributed by atoms with Crippen LogP contribution >= 0.6 is 0 Å². The maximum Gasteiger partial charge on any atom is 0.187 e. The largest absolute Gasteiger partial charge is 0.354 e. The molecule has 0 bridgehead atoms. The molecule has 33 heavy (non-hydrogen) atoms. The lowest BCUT2D eigenvalue weighted by atomic mass is 10.1. The third kappa shape index (κ3) is 4.69. The Hall–Kier alpha value is -3.43. The summed E-state index contributed by atoms with van der Waals surface area (Å²) in [5.74, 6) is -0.0454. The highest BCUT2D eigenvalue weighted by Crippen LogP contribution is 2.29. The van der Waals surface area contributed by atoms with Crippen LogP contribution in [0.1, 0.15) is 19.4 Å². The van der Waals surface area contributed by atoms with Gasteiger partial charge >= 0.3 is 0 Å². The smallest absolute Gasteiger partial charge is 0.187 e. The second-order valence-electron chi connectivity index (χ2n) is 7.83. The van der Waals surface area contributed by atoms with Crippen LogP contribution in [0, 0.1) is 5.82 Å². The second kappa shape index (κ2) is 9.21. The Labute approximate surface area is 191 Å². The lowest BCUT2D eigenvalue weighted by Crippen LogP contribution is -2.13. The average molecular weight is 467 g/mol. The van der Waals surface area contributed by atoms with E-state index in [1.54, 1.807) is 63.5 Å². The zero-order chi connectivity index (χ0) is 23.6. The van der Waals surface area contributed by atoms with Crippen LogP contribution in [0.3, 0.4) is 0 Å². The first kappa shape index (κ1) is 22.8. The van der Waals surface area contributed by atoms with Gasteiger partial charge in [0.1, 0.15) is 17.2 Å². The highest BCUT2D eigenvalue weighted by Gasteiger charge is 2.19. The van der Waals surface area contributed by atoms with Gasteiger partial charge in [0.15, 0.2) is 15.6 Å². The molecule has 0 amide bonds. The molecule has 0 fully saturated rings. The van der Waals surface area contributed by atoms with Crippen LogP contribution in [-0.4, -0.2) is 35.8 Å². The van der Waals surface area contributed by atoms with E-state index in [2.05, 4.69) is 20.4 Å². The molecule has 0 aliphatic heterocycles. The predicted octanol–water partition coefficient (Wildman–Crippen LogP) is 4.51. The highest BCUT2D eigenvalue weighted by molar-refractivity contribution is 7.92. The molecule has 4 rings (SSSR count). The van der Waals surface area contributed by atoms with Crippen LogP contribution in [0.25, 0.3) is 34.0 Å². The maximum absolute atomic E-state index is 14.5. The maximum atomic E-state index is 14.5. The summed E-state index contributed by atoms with van der Waals surface area (Å²) >= 11 is 0. The minimum atomic E-state index is -3.35. The van der Waals surface area contributed by atoms with E-state index in [0.717, 1.165) is 5.56 Å². The quantitative estimate of drug-likeness (QED) is 0.428. The van der Waals surface area contributed by atoms with Gasteiger partial charge in [0.2, 0.25) is 0 Å². The zero-order valence-electron chi connectivity index (χ0n) is 18.4. The fraction of sp³-hybridized carbons (Fsp3) is 0.208. The number of nitrogens with zero attached hydrogens (tertiary/aromatic N) is 3. The van der Waals surface area contributed by atoms with Crippen LogP contribution in [0.2, 0.25) is 0 Å². The molecule has 0 unspecified atom stereocenters. The molecule has 4 aromatic rings. The number of aromatic nitrogens is 3. The predicted molar refractivity (Wildman–Crippen MR) is 123 cm³/mol. The van der Waals surface area contributed by atoms with Gasteiger partial charge in [-0.1, -0.05) is 23.4 Å². The molecule has 2 heterocycles. The van der Waals surface area contributed by atoms with Gasteiger partial charge in [-0.25, -0.2) is 17.8 Å². The first-order valence-electron chi connectivity index (χ1n) is 10.4. The van der Waals surface area contributed by atoms with E-state index >= 15 is 0 Å². The summed E-state index contributed by atoms with van der Waals surface area (Å²) in [6.45, 7) is 3.85. The van der Waals surface area contributed by atoms with Crippen molar-refractivity contribution in [1.29, 1.82) is 0 Å². The van der Waals surface area contributed by atoms with E-state index in [0.29, 0.717) is 40.5 Å². The minimum Gasteiger partial charge on any atom is -0.354 e. The van der Waals surface area contributed by atoms with Gasteiger partial charge in [0.25, 0.3) is 0 Å². The van der Waals surface area contributed by atoms with E-state index in [1.807, 2.05) is 6.07 Å². The lowest BCUT2D eigenvalue weighted by Gasteiger charge is -2.08. The van der Waals surface area contributed by atoms with E-state index in [9.17, 15) is 12.8 Å². The van der Waals surface area contributed by atoms with Gasteiger partial charge in [0.05, 0.1) is 28.2 Å². The zero-order valence-corrected chi connectivity index (χ0v) is 19.2. The molecule has 9 heteroatoms. The summed E-state index contributed by atoms with van der Waals surface area (Å²) in [5.41, 5.74) is 3.19. The summed E-state index contributed by atoms with van der Waals surface area (Å²) in [4.78, 5) is 9.04. The molecule has 2 aromatic carbocycles. The van der Waals surface area contributed by atoms with Crippen molar-refractivity contribution >= 4 is 9.84 Å². The Balaban J connectivity index is 1.61. The van der Waals surface area contributed by atoms with Crippen molar-refractivity contribution in [2.45, 2.75) is 30.5 Å². The fourth-order valence-electron chi connectivity index (χ4n) is 3.31. The Kier molecular flexibility index (Phi) is 6.35. The number of nitrogens with one attached hydrogen (secondary N) is 1. The first-order chi connectivity index (χ1) is 15.8. The molecule has 0 spiro atoms. The van der Waals surface area contributed by atoms with Crippen molar-refractivity contribution < 1.29 is 17.3 Å². The van der Waals surface area contributed by atoms with E-state index in [4.69, 9.17) is 4.52 Å². The van der Waals surface area contributed by atoms with Gasteiger partial charge in [-0.05, 0) is 50.7 Å². The van der Waals surface area contributed by atoms with Crippen molar-refractivity contribution in [2.24, 2.45) is 0 Å². The standard InChI is InChI=1S/C24H23FN4O3S/c1-15(2)33(30,31)18-7-5-17(6-8-18)22-13-27-14-23(28-22)24-11-21(29-32-24)19-9-4-16(12-26-3)10-20(19)25/h4-11,13-15,26H,12H2,1-3H3. The molecular weight excluding hydrogens is 443 g/mol. The minimum absolute atomic E-state index is 0.257. The van der Waals surface area contributed by atoms with Crippen molar-refractivity contribution in [2.75, 3.05) is 7.05 Å². The SMILES string of the molecule is CNCc1ccc(-c2cc(-c3cncc(-c4ccc(S(=O)(=O)C(C)C)cc4)n3)on2)c(F)c1. The molecule has 0 aliphatic carbocycles. The Morgan fingerprint density at radius 3 is 2.39 bits per heavy atom. The molecular formula is C24H23FN4O3S. The average Bonchev–Trinajstić information content (AvgIpc) is 3.29. The van der Waals surface area contributed by atoms with Crippen molar-refractivity contribution in [3.63, 3.8) is 0 Å². The van der Waals surface area contributed by atoms with Gasteiger partial charge in [-0.3, -0.25) is 4.98 Å². The van der Waals surface area contributed by atoms with Gasteiger partial charge in [-0.15, -0.1) is 0 Å². The number of rotatable bonds is 7. The van der Waals surface area contributed by atoms with E-state index < -0.39 is 15.1 Å². The number of hydrogen-bond donors (Lipinski definition) is 1. The summed E-state index contributed by atoms with van der Waals surface area (Å²) in [6.07, 6.45) is 3.10. The van der Waals surface area contributed by atoms with Crippen molar-refractivity contribution in [1.82, 2.24) is 20.4 Å². The number of sulfone groups is 1. The van der Waals surface area contributed by atoms with Gasteiger partial charge in [0, 0.05) is 23.7 Å². The molecule has 0 saturated carbocycles. The summed E-state index contributed by atoms with van der Waals surface area (Å²) in [5, 5.41) is 6.47. The van der Waals surface area contributed by atoms with Crippen LogP contribution in [-0.2, 0) is 16.4 Å². The summed E-state index contributed by atoms with van der Waals surface area (Å²) in [6, 6.07) is 13.1. The molecule has 2 aromatic heterocycles. The molecule has 170 valence electrons. The number of benzene rings is 2. The number of halogens is 1. The highest BCUT2D eigenvalue weighted by atomic mass is 32.2. The van der Waals surface area contributed by atoms with Crippen LogP contribution in [0.15, 0.2) is 70.3 Å². The van der Waals surface area contributed by atoms with Crippen molar-refractivity contribution in [3.05, 3.63) is 72.3 Å². The van der Waals surface area contributed by atoms with Crippen LogP contribution in [0.4, 0.5) is 4.39 Å². The van der Waals surface area contributed by atoms with Crippen molar-refractivity contribution in [3.8, 4) is 34.0 Å². The molecule has 1 N–H and O–H groups in total. The van der Waals surface area contributed by atoms with Gasteiger partial charge in [-0.2, -0.15) is 0 Å². The van der Waals surface area contributed by atoms with Crippen LogP contribution < -0.4 is 5.32 Å². The molecule has 7 nitrogen and oxygen atoms in total. The molecule has 0 aliphatic rings. The normalized spacial score (nSPS) is 11.8. The molecule has 0 saturated heterocycles. The Bertz CT molecular complexity index is 1380. The van der Waals surface area contributed by atoms with E-state index in [-0.39, 0.29) is 10.7 Å². The van der Waals surface area contributed by atoms with Gasteiger partial charge < -0.3 is 9.84 Å². The molecule has 0 atom stereocenters. The Morgan fingerprint density at radius 1 is 1.00 bits per heavy atom. The summed E-state index contributed by atoms with van der Waals surface area (Å²) < 4.78 is 44.6. The monoisotopic (exact) mass is 466 g/mol. The summed E-state index contributed by atoms with van der Waals surface area (Å²) in [7, 11) is -1.56. The Morgan fingerprint density at radius 2 is 1.73 bits per heavy atom. The van der Waals surface area contributed by atoms with E-state index in [1.165, 1.54) is 12.3 Å². The lowest BCUT2D eigenvalue weighted by molar-refractivity contribution is 0.433. The fourth-order valence-corrected chi connectivity index (χ4v) is 4.37.